The third-order valence-corrected chi connectivity index (χ3v) is 5.02. The van der Waals surface area contributed by atoms with Gasteiger partial charge < -0.3 is 31.7 Å². The molecule has 3 heterocycles. The molecule has 4 rings (SSSR count). The Bertz CT molecular complexity index is 1370. The zero-order valence-corrected chi connectivity index (χ0v) is 19.3. The number of ether oxygens (including phenoxy) is 1. The zero-order chi connectivity index (χ0) is 26.0. The fourth-order valence-corrected chi connectivity index (χ4v) is 3.38. The normalized spacial score (nSPS) is 13.4. The van der Waals surface area contributed by atoms with Gasteiger partial charge in [-0.1, -0.05) is 6.07 Å². The number of benzene rings is 1. The molecule has 3 aromatic rings. The van der Waals surface area contributed by atoms with Crippen molar-refractivity contribution in [2.45, 2.75) is 32.6 Å². The minimum Gasteiger partial charge on any atom is -0.482 e. The Morgan fingerprint density at radius 3 is 2.75 bits per heavy atom. The maximum Gasteiger partial charge on any atom is 0.271 e. The number of halogens is 1. The van der Waals surface area contributed by atoms with E-state index in [1.54, 1.807) is 32.0 Å². The summed E-state index contributed by atoms with van der Waals surface area (Å²) in [7, 11) is 0. The van der Waals surface area contributed by atoms with E-state index >= 15 is 0 Å². The van der Waals surface area contributed by atoms with E-state index < -0.39 is 29.7 Å². The summed E-state index contributed by atoms with van der Waals surface area (Å²) in [5.74, 6) is -2.84. The van der Waals surface area contributed by atoms with E-state index in [2.05, 4.69) is 31.3 Å². The first-order valence-electron chi connectivity index (χ1n) is 10.9. The van der Waals surface area contributed by atoms with Crippen LogP contribution in [-0.2, 0) is 16.1 Å². The Balaban J connectivity index is 1.53. The number of anilines is 1. The van der Waals surface area contributed by atoms with Crippen LogP contribution >= 0.6 is 0 Å². The number of hydrogen-bond donors (Lipinski definition) is 5. The lowest BCUT2D eigenvalue weighted by Gasteiger charge is -2.18. The number of rotatable bonds is 7. The SMILES string of the molecule is CC(C)NC(=O)C(N)NC(=O)c1cc(C(=O)NCc2ccc3c(c2)NC(=O)CO3)nc2c(F)cnn12. The van der Waals surface area contributed by atoms with E-state index in [0.29, 0.717) is 17.0 Å². The molecule has 1 atom stereocenters. The fourth-order valence-electron chi connectivity index (χ4n) is 3.38. The molecule has 0 saturated heterocycles. The van der Waals surface area contributed by atoms with Gasteiger partial charge in [-0.05, 0) is 31.5 Å². The number of nitrogens with one attached hydrogen (secondary N) is 4. The van der Waals surface area contributed by atoms with E-state index in [9.17, 15) is 23.6 Å². The first-order valence-corrected chi connectivity index (χ1v) is 10.9. The fraction of sp³-hybridized carbons (Fsp3) is 0.273. The molecule has 6 N–H and O–H groups in total. The molecular weight excluding hydrogens is 475 g/mol. The largest absolute Gasteiger partial charge is 0.482 e. The molecule has 13 nitrogen and oxygen atoms in total. The van der Waals surface area contributed by atoms with Crippen molar-refractivity contribution in [2.75, 3.05) is 11.9 Å². The standard InChI is InChI=1S/C22H23FN8O5/c1-10(2)27-22(35)18(24)30-21(34)15-6-14(29-19-12(23)8-26-31(15)19)20(33)25-7-11-3-4-16-13(5-11)28-17(32)9-36-16/h3-6,8,10,18H,7,9,24H2,1-2H3,(H,25,33)(H,27,35)(H,28,32)(H,30,34). The van der Waals surface area contributed by atoms with E-state index in [1.165, 1.54) is 0 Å². The highest BCUT2D eigenvalue weighted by Crippen LogP contribution is 2.28. The topological polar surface area (TPSA) is 182 Å². The third-order valence-electron chi connectivity index (χ3n) is 5.02. The van der Waals surface area contributed by atoms with Crippen LogP contribution in [0.3, 0.4) is 0 Å². The maximum atomic E-state index is 14.3. The van der Waals surface area contributed by atoms with Crippen molar-refractivity contribution in [2.24, 2.45) is 5.73 Å². The molecule has 1 aromatic carbocycles. The second kappa shape index (κ2) is 9.95. The van der Waals surface area contributed by atoms with E-state index in [1.807, 2.05) is 0 Å². The van der Waals surface area contributed by atoms with Crippen molar-refractivity contribution >= 4 is 35.0 Å². The third kappa shape index (κ3) is 5.22. The molecular formula is C22H23FN8O5. The van der Waals surface area contributed by atoms with Crippen LogP contribution in [0.4, 0.5) is 10.1 Å². The van der Waals surface area contributed by atoms with Crippen LogP contribution in [0.2, 0.25) is 0 Å². The van der Waals surface area contributed by atoms with E-state index in [0.717, 1.165) is 16.8 Å². The highest BCUT2D eigenvalue weighted by atomic mass is 19.1. The molecule has 1 aliphatic heterocycles. The van der Waals surface area contributed by atoms with Gasteiger partial charge in [0.15, 0.2) is 24.2 Å². The van der Waals surface area contributed by atoms with Crippen molar-refractivity contribution in [3.8, 4) is 5.75 Å². The Hall–Kier alpha value is -4.59. The number of carbonyl (C=O) groups excluding carboxylic acids is 4. The molecule has 2 aromatic heterocycles. The number of amides is 4. The summed E-state index contributed by atoms with van der Waals surface area (Å²) in [5, 5.41) is 13.9. The lowest BCUT2D eigenvalue weighted by molar-refractivity contribution is -0.123. The molecule has 0 fully saturated rings. The second-order valence-corrected chi connectivity index (χ2v) is 8.22. The lowest BCUT2D eigenvalue weighted by atomic mass is 10.1. The van der Waals surface area contributed by atoms with Gasteiger partial charge in [-0.15, -0.1) is 0 Å². The zero-order valence-electron chi connectivity index (χ0n) is 19.3. The van der Waals surface area contributed by atoms with Crippen LogP contribution in [0.15, 0.2) is 30.5 Å². The van der Waals surface area contributed by atoms with Gasteiger partial charge in [-0.2, -0.15) is 5.10 Å². The summed E-state index contributed by atoms with van der Waals surface area (Å²) in [6, 6.07) is 5.90. The summed E-state index contributed by atoms with van der Waals surface area (Å²) < 4.78 is 20.5. The monoisotopic (exact) mass is 498 g/mol. The Morgan fingerprint density at radius 2 is 2.00 bits per heavy atom. The predicted octanol–water partition coefficient (Wildman–Crippen LogP) is -0.331. The van der Waals surface area contributed by atoms with Crippen LogP contribution in [-0.4, -0.2) is 57.0 Å². The summed E-state index contributed by atoms with van der Waals surface area (Å²) in [6.07, 6.45) is -0.551. The number of carbonyl (C=O) groups is 4. The summed E-state index contributed by atoms with van der Waals surface area (Å²) in [5.41, 5.74) is 5.98. The molecule has 36 heavy (non-hydrogen) atoms. The van der Waals surface area contributed by atoms with Gasteiger partial charge in [-0.25, -0.2) is 13.9 Å². The Labute approximate surface area is 203 Å². The van der Waals surface area contributed by atoms with Gasteiger partial charge in [0, 0.05) is 18.7 Å². The molecule has 14 heteroatoms. The molecule has 0 saturated carbocycles. The van der Waals surface area contributed by atoms with Gasteiger partial charge in [0.05, 0.1) is 11.9 Å². The number of hydrogen-bond acceptors (Lipinski definition) is 8. The first kappa shape index (κ1) is 24.5. The van der Waals surface area contributed by atoms with Gasteiger partial charge in [-0.3, -0.25) is 19.2 Å². The van der Waals surface area contributed by atoms with Gasteiger partial charge in [0.1, 0.15) is 17.1 Å². The number of aromatic nitrogens is 3. The van der Waals surface area contributed by atoms with Crippen LogP contribution in [0, 0.1) is 5.82 Å². The van der Waals surface area contributed by atoms with E-state index in [-0.39, 0.29) is 42.1 Å². The van der Waals surface area contributed by atoms with Crippen molar-refractivity contribution in [3.05, 3.63) is 53.2 Å². The predicted molar refractivity (Wildman–Crippen MR) is 123 cm³/mol. The molecule has 4 amide bonds. The smallest absolute Gasteiger partial charge is 0.271 e. The molecule has 188 valence electrons. The molecule has 1 unspecified atom stereocenters. The van der Waals surface area contributed by atoms with Crippen LogP contribution < -0.4 is 31.7 Å². The molecule has 1 aliphatic rings. The maximum absolute atomic E-state index is 14.3. The first-order chi connectivity index (χ1) is 17.1. The van der Waals surface area contributed by atoms with Crippen molar-refractivity contribution in [1.82, 2.24) is 30.5 Å². The Kier molecular flexibility index (Phi) is 6.78. The minimum absolute atomic E-state index is 0.0400. The summed E-state index contributed by atoms with van der Waals surface area (Å²) in [4.78, 5) is 53.2. The van der Waals surface area contributed by atoms with Crippen LogP contribution in [0.1, 0.15) is 40.4 Å². The van der Waals surface area contributed by atoms with Crippen molar-refractivity contribution in [3.63, 3.8) is 0 Å². The van der Waals surface area contributed by atoms with Gasteiger partial charge >= 0.3 is 0 Å². The molecule has 0 aliphatic carbocycles. The van der Waals surface area contributed by atoms with Gasteiger partial charge in [0.2, 0.25) is 0 Å². The number of nitrogens with zero attached hydrogens (tertiary/aromatic N) is 3. The highest BCUT2D eigenvalue weighted by molar-refractivity contribution is 6.00. The summed E-state index contributed by atoms with van der Waals surface area (Å²) in [6.45, 7) is 3.42. The number of fused-ring (bicyclic) bond motifs is 2. The lowest BCUT2D eigenvalue weighted by Crippen LogP contribution is -2.53. The van der Waals surface area contributed by atoms with Gasteiger partial charge in [0.25, 0.3) is 23.6 Å². The molecule has 0 bridgehead atoms. The van der Waals surface area contributed by atoms with Crippen molar-refractivity contribution in [1.29, 1.82) is 0 Å². The average molecular weight is 498 g/mol. The second-order valence-electron chi connectivity index (χ2n) is 8.22. The average Bonchev–Trinajstić information content (AvgIpc) is 3.21. The Morgan fingerprint density at radius 1 is 1.22 bits per heavy atom. The molecule has 0 radical (unpaired) electrons. The van der Waals surface area contributed by atoms with Crippen LogP contribution in [0.5, 0.6) is 5.75 Å². The minimum atomic E-state index is -1.39. The summed E-state index contributed by atoms with van der Waals surface area (Å²) >= 11 is 0. The number of nitrogens with two attached hydrogens (primary N) is 1. The highest BCUT2D eigenvalue weighted by Gasteiger charge is 2.24. The quantitative estimate of drug-likeness (QED) is 0.274. The van der Waals surface area contributed by atoms with Crippen molar-refractivity contribution < 1.29 is 28.3 Å². The van der Waals surface area contributed by atoms with E-state index in [4.69, 9.17) is 10.5 Å². The molecule has 0 spiro atoms. The van der Waals surface area contributed by atoms with Crippen LogP contribution in [0.25, 0.3) is 5.65 Å².